The van der Waals surface area contributed by atoms with Crippen LogP contribution in [-0.4, -0.2) is 0 Å². The Bertz CT molecular complexity index is 627. The van der Waals surface area contributed by atoms with Crippen LogP contribution in [0.25, 0.3) is 0 Å². The van der Waals surface area contributed by atoms with Gasteiger partial charge in [0.1, 0.15) is 6.07 Å². The van der Waals surface area contributed by atoms with E-state index in [1.165, 1.54) is 0 Å². The van der Waals surface area contributed by atoms with Crippen LogP contribution in [0, 0.1) is 25.2 Å². The Hall–Kier alpha value is -1.98. The van der Waals surface area contributed by atoms with Gasteiger partial charge < -0.3 is 5.32 Å². The van der Waals surface area contributed by atoms with E-state index in [1.807, 2.05) is 50.2 Å². The predicted molar refractivity (Wildman–Crippen MR) is 75.4 cm³/mol. The molecule has 0 aromatic heterocycles. The fourth-order valence-electron chi connectivity index (χ4n) is 1.69. The van der Waals surface area contributed by atoms with Gasteiger partial charge in [-0.25, -0.2) is 0 Å². The van der Waals surface area contributed by atoms with Crippen LogP contribution < -0.4 is 5.32 Å². The van der Waals surface area contributed by atoms with Crippen LogP contribution in [0.1, 0.15) is 16.7 Å². The molecular formula is C15H13ClN2. The second-order valence-electron chi connectivity index (χ2n) is 4.25. The maximum Gasteiger partial charge on any atom is 0.101 e. The van der Waals surface area contributed by atoms with E-state index in [0.29, 0.717) is 10.6 Å². The zero-order valence-electron chi connectivity index (χ0n) is 10.3. The molecule has 0 bridgehead atoms. The molecule has 0 saturated heterocycles. The van der Waals surface area contributed by atoms with E-state index < -0.39 is 0 Å². The van der Waals surface area contributed by atoms with Gasteiger partial charge in [0.2, 0.25) is 0 Å². The van der Waals surface area contributed by atoms with Crippen LogP contribution in [-0.2, 0) is 0 Å². The molecule has 1 N–H and O–H groups in total. The van der Waals surface area contributed by atoms with Gasteiger partial charge in [-0.1, -0.05) is 23.7 Å². The van der Waals surface area contributed by atoms with E-state index in [9.17, 15) is 0 Å². The molecule has 0 atom stereocenters. The van der Waals surface area contributed by atoms with Crippen LogP contribution >= 0.6 is 11.6 Å². The van der Waals surface area contributed by atoms with E-state index in [-0.39, 0.29) is 0 Å². The van der Waals surface area contributed by atoms with Crippen LogP contribution in [0.15, 0.2) is 36.4 Å². The lowest BCUT2D eigenvalue weighted by atomic mass is 10.1. The molecule has 0 amide bonds. The molecule has 90 valence electrons. The quantitative estimate of drug-likeness (QED) is 0.854. The molecule has 0 aliphatic heterocycles. The third-order valence-corrected chi connectivity index (χ3v) is 3.15. The van der Waals surface area contributed by atoms with Gasteiger partial charge in [-0.15, -0.1) is 0 Å². The summed E-state index contributed by atoms with van der Waals surface area (Å²) in [6, 6.07) is 13.7. The molecule has 3 heteroatoms. The Morgan fingerprint density at radius 3 is 2.56 bits per heavy atom. The third kappa shape index (κ3) is 2.64. The highest BCUT2D eigenvalue weighted by Gasteiger charge is 2.03. The minimum Gasteiger partial charge on any atom is -0.354 e. The molecule has 2 nitrogen and oxygen atoms in total. The lowest BCUT2D eigenvalue weighted by Gasteiger charge is -2.10. The number of halogens is 1. The van der Waals surface area contributed by atoms with Gasteiger partial charge in [0, 0.05) is 10.7 Å². The summed E-state index contributed by atoms with van der Waals surface area (Å²) in [6.45, 7) is 3.92. The van der Waals surface area contributed by atoms with E-state index in [4.69, 9.17) is 16.9 Å². The van der Waals surface area contributed by atoms with Gasteiger partial charge in [0.25, 0.3) is 0 Å². The molecule has 0 saturated carbocycles. The number of hydrogen-bond donors (Lipinski definition) is 1. The Morgan fingerprint density at radius 2 is 1.89 bits per heavy atom. The molecule has 2 aromatic carbocycles. The minimum atomic E-state index is 0.631. The Labute approximate surface area is 112 Å². The number of nitrogens with zero attached hydrogens (tertiary/aromatic N) is 1. The number of rotatable bonds is 2. The SMILES string of the molecule is Cc1ccc(Nc2ccc(C)c(Cl)c2)c(C#N)c1. The van der Waals surface area contributed by atoms with Gasteiger partial charge in [-0.2, -0.15) is 5.26 Å². The topological polar surface area (TPSA) is 35.8 Å². The first-order chi connectivity index (χ1) is 8.60. The molecule has 0 fully saturated rings. The summed E-state index contributed by atoms with van der Waals surface area (Å²) < 4.78 is 0. The first-order valence-electron chi connectivity index (χ1n) is 5.64. The summed E-state index contributed by atoms with van der Waals surface area (Å²) >= 11 is 6.07. The number of anilines is 2. The van der Waals surface area contributed by atoms with Crippen molar-refractivity contribution in [3.05, 3.63) is 58.1 Å². The van der Waals surface area contributed by atoms with Crippen molar-refractivity contribution in [2.24, 2.45) is 0 Å². The van der Waals surface area contributed by atoms with Gasteiger partial charge in [-0.05, 0) is 49.2 Å². The first-order valence-corrected chi connectivity index (χ1v) is 6.02. The summed E-state index contributed by atoms with van der Waals surface area (Å²) in [5, 5.41) is 13.0. The number of nitriles is 1. The lowest BCUT2D eigenvalue weighted by molar-refractivity contribution is 1.40. The highest BCUT2D eigenvalue weighted by atomic mass is 35.5. The van der Waals surface area contributed by atoms with Crippen molar-refractivity contribution in [3.63, 3.8) is 0 Å². The molecule has 0 aliphatic carbocycles. The van der Waals surface area contributed by atoms with E-state index in [1.54, 1.807) is 0 Å². The average Bonchev–Trinajstić information content (AvgIpc) is 2.36. The summed E-state index contributed by atoms with van der Waals surface area (Å²) in [6.07, 6.45) is 0. The summed E-state index contributed by atoms with van der Waals surface area (Å²) in [7, 11) is 0. The fourth-order valence-corrected chi connectivity index (χ4v) is 1.87. The summed E-state index contributed by atoms with van der Waals surface area (Å²) in [5.41, 5.74) is 4.41. The van der Waals surface area contributed by atoms with Gasteiger partial charge in [0.05, 0.1) is 11.3 Å². The molecule has 2 rings (SSSR count). The monoisotopic (exact) mass is 256 g/mol. The van der Waals surface area contributed by atoms with Crippen molar-refractivity contribution in [2.75, 3.05) is 5.32 Å². The van der Waals surface area contributed by atoms with E-state index in [0.717, 1.165) is 22.5 Å². The predicted octanol–water partition coefficient (Wildman–Crippen LogP) is 4.57. The molecule has 18 heavy (non-hydrogen) atoms. The molecular weight excluding hydrogens is 244 g/mol. The van der Waals surface area contributed by atoms with Gasteiger partial charge >= 0.3 is 0 Å². The largest absolute Gasteiger partial charge is 0.354 e. The zero-order chi connectivity index (χ0) is 13.1. The summed E-state index contributed by atoms with van der Waals surface area (Å²) in [5.74, 6) is 0. The minimum absolute atomic E-state index is 0.631. The maximum absolute atomic E-state index is 9.10. The third-order valence-electron chi connectivity index (χ3n) is 2.75. The van der Waals surface area contributed by atoms with E-state index >= 15 is 0 Å². The number of benzene rings is 2. The summed E-state index contributed by atoms with van der Waals surface area (Å²) in [4.78, 5) is 0. The second kappa shape index (κ2) is 5.12. The van der Waals surface area contributed by atoms with Crippen LogP contribution in [0.2, 0.25) is 5.02 Å². The number of nitrogens with one attached hydrogen (secondary N) is 1. The van der Waals surface area contributed by atoms with Crippen molar-refractivity contribution in [3.8, 4) is 6.07 Å². The molecule has 0 spiro atoms. The fraction of sp³-hybridized carbons (Fsp3) is 0.133. The highest BCUT2D eigenvalue weighted by Crippen LogP contribution is 2.25. The maximum atomic E-state index is 9.10. The van der Waals surface area contributed by atoms with Crippen LogP contribution in [0.4, 0.5) is 11.4 Å². The standard InChI is InChI=1S/C15H13ClN2/c1-10-3-6-15(12(7-10)9-17)18-13-5-4-11(2)14(16)8-13/h3-8,18H,1-2H3. The molecule has 0 unspecified atom stereocenters. The van der Waals surface area contributed by atoms with Crippen molar-refractivity contribution in [1.82, 2.24) is 0 Å². The molecule has 0 radical (unpaired) electrons. The molecule has 2 aromatic rings. The van der Waals surface area contributed by atoms with Crippen molar-refractivity contribution >= 4 is 23.0 Å². The molecule has 0 aliphatic rings. The number of aryl methyl sites for hydroxylation is 2. The van der Waals surface area contributed by atoms with Gasteiger partial charge in [-0.3, -0.25) is 0 Å². The van der Waals surface area contributed by atoms with E-state index in [2.05, 4.69) is 11.4 Å². The normalized spacial score (nSPS) is 9.89. The highest BCUT2D eigenvalue weighted by molar-refractivity contribution is 6.31. The Kier molecular flexibility index (Phi) is 3.55. The molecule has 0 heterocycles. The average molecular weight is 257 g/mol. The van der Waals surface area contributed by atoms with Crippen molar-refractivity contribution < 1.29 is 0 Å². The first kappa shape index (κ1) is 12.5. The van der Waals surface area contributed by atoms with Crippen molar-refractivity contribution in [1.29, 1.82) is 5.26 Å². The Morgan fingerprint density at radius 1 is 1.11 bits per heavy atom. The van der Waals surface area contributed by atoms with Crippen LogP contribution in [0.3, 0.4) is 0 Å². The van der Waals surface area contributed by atoms with Crippen LogP contribution in [0.5, 0.6) is 0 Å². The van der Waals surface area contributed by atoms with Gasteiger partial charge in [0.15, 0.2) is 0 Å². The Balaban J connectivity index is 2.34. The zero-order valence-corrected chi connectivity index (χ0v) is 11.0. The van der Waals surface area contributed by atoms with Crippen molar-refractivity contribution in [2.45, 2.75) is 13.8 Å². The smallest absolute Gasteiger partial charge is 0.101 e. The number of hydrogen-bond acceptors (Lipinski definition) is 2. The second-order valence-corrected chi connectivity index (χ2v) is 4.66. The lowest BCUT2D eigenvalue weighted by Crippen LogP contribution is -1.94.